The van der Waals surface area contributed by atoms with Crippen LogP contribution in [-0.2, 0) is 4.79 Å². The number of nitrogens with two attached hydrogens (primary N) is 1. The molecule has 116 valence electrons. The summed E-state index contributed by atoms with van der Waals surface area (Å²) in [6.45, 7) is 5.25. The molecule has 0 aromatic rings. The van der Waals surface area contributed by atoms with E-state index >= 15 is 0 Å². The maximum absolute atomic E-state index is 12.0. The van der Waals surface area contributed by atoms with Crippen LogP contribution >= 0.6 is 0 Å². The molecule has 0 bridgehead atoms. The van der Waals surface area contributed by atoms with Gasteiger partial charge in [0, 0.05) is 31.6 Å². The summed E-state index contributed by atoms with van der Waals surface area (Å²) in [6.07, 6.45) is 9.24. The maximum Gasteiger partial charge on any atom is 0.220 e. The molecule has 2 rings (SSSR count). The number of likely N-dealkylation sites (tertiary alicyclic amines) is 1. The van der Waals surface area contributed by atoms with Crippen LogP contribution in [0.4, 0.5) is 0 Å². The Labute approximate surface area is 123 Å². The fourth-order valence-corrected chi connectivity index (χ4v) is 3.78. The lowest BCUT2D eigenvalue weighted by atomic mass is 9.99. The zero-order valence-electron chi connectivity index (χ0n) is 12.9. The molecule has 3 atom stereocenters. The molecule has 2 fully saturated rings. The minimum atomic E-state index is 0.192. The van der Waals surface area contributed by atoms with E-state index in [0.29, 0.717) is 12.3 Å². The van der Waals surface area contributed by atoms with Crippen molar-refractivity contribution >= 4 is 5.91 Å². The Balaban J connectivity index is 1.63. The summed E-state index contributed by atoms with van der Waals surface area (Å²) in [5.41, 5.74) is 6.02. The third-order valence-corrected chi connectivity index (χ3v) is 5.11. The minimum absolute atomic E-state index is 0.192. The first-order valence-corrected chi connectivity index (χ1v) is 8.47. The van der Waals surface area contributed by atoms with Gasteiger partial charge in [0.25, 0.3) is 0 Å². The largest absolute Gasteiger partial charge is 0.355 e. The van der Waals surface area contributed by atoms with E-state index in [1.54, 1.807) is 0 Å². The van der Waals surface area contributed by atoms with Crippen molar-refractivity contribution in [3.05, 3.63) is 0 Å². The molecule has 1 aliphatic heterocycles. The molecule has 2 aliphatic rings. The van der Waals surface area contributed by atoms with Crippen LogP contribution in [0.3, 0.4) is 0 Å². The minimum Gasteiger partial charge on any atom is -0.355 e. The zero-order chi connectivity index (χ0) is 14.4. The van der Waals surface area contributed by atoms with Gasteiger partial charge in [-0.05, 0) is 44.6 Å². The summed E-state index contributed by atoms with van der Waals surface area (Å²) in [4.78, 5) is 14.5. The molecule has 0 aromatic heterocycles. The Kier molecular flexibility index (Phi) is 6.30. The molecule has 1 unspecified atom stereocenters. The molecule has 1 heterocycles. The van der Waals surface area contributed by atoms with Crippen molar-refractivity contribution in [3.8, 4) is 0 Å². The van der Waals surface area contributed by atoms with Gasteiger partial charge in [-0.15, -0.1) is 0 Å². The molecule has 0 radical (unpaired) electrons. The van der Waals surface area contributed by atoms with Gasteiger partial charge >= 0.3 is 0 Å². The zero-order valence-corrected chi connectivity index (χ0v) is 12.9. The first kappa shape index (κ1) is 15.8. The summed E-state index contributed by atoms with van der Waals surface area (Å²) in [5, 5.41) is 3.09. The standard InChI is InChI=1S/C16H31N3O/c1-2-14-7-3-4-10-19(14)11-9-18-16(20)12-13-6-5-8-15(13)17/h13-15H,2-12,17H2,1H3,(H,18,20)/t13-,14?,15+/m0/s1. The van der Waals surface area contributed by atoms with Crippen LogP contribution < -0.4 is 11.1 Å². The van der Waals surface area contributed by atoms with Crippen molar-refractivity contribution in [2.75, 3.05) is 19.6 Å². The number of rotatable bonds is 6. The van der Waals surface area contributed by atoms with Crippen molar-refractivity contribution in [2.24, 2.45) is 11.7 Å². The molecular weight excluding hydrogens is 250 g/mol. The van der Waals surface area contributed by atoms with Crippen LogP contribution in [0.5, 0.6) is 0 Å². The highest BCUT2D eigenvalue weighted by molar-refractivity contribution is 5.76. The molecular formula is C16H31N3O. The Morgan fingerprint density at radius 2 is 2.10 bits per heavy atom. The van der Waals surface area contributed by atoms with Gasteiger partial charge in [0.05, 0.1) is 0 Å². The molecule has 4 nitrogen and oxygen atoms in total. The van der Waals surface area contributed by atoms with Crippen molar-refractivity contribution in [3.63, 3.8) is 0 Å². The Morgan fingerprint density at radius 3 is 2.80 bits per heavy atom. The highest BCUT2D eigenvalue weighted by Crippen LogP contribution is 2.26. The van der Waals surface area contributed by atoms with Crippen LogP contribution in [0.1, 0.15) is 58.3 Å². The SMILES string of the molecule is CCC1CCCCN1CCNC(=O)C[C@@H]1CCC[C@H]1N. The van der Waals surface area contributed by atoms with E-state index in [9.17, 15) is 4.79 Å². The highest BCUT2D eigenvalue weighted by Gasteiger charge is 2.26. The second-order valence-corrected chi connectivity index (χ2v) is 6.50. The fraction of sp³-hybridized carbons (Fsp3) is 0.938. The van der Waals surface area contributed by atoms with E-state index in [-0.39, 0.29) is 11.9 Å². The van der Waals surface area contributed by atoms with Crippen LogP contribution in [-0.4, -0.2) is 42.5 Å². The maximum atomic E-state index is 12.0. The quantitative estimate of drug-likeness (QED) is 0.781. The summed E-state index contributed by atoms with van der Waals surface area (Å²) < 4.78 is 0. The molecule has 0 spiro atoms. The van der Waals surface area contributed by atoms with Crippen molar-refractivity contribution < 1.29 is 4.79 Å². The number of carbonyl (C=O) groups excluding carboxylic acids is 1. The monoisotopic (exact) mass is 281 g/mol. The van der Waals surface area contributed by atoms with Crippen LogP contribution in [0.25, 0.3) is 0 Å². The number of carbonyl (C=O) groups is 1. The van der Waals surface area contributed by atoms with Gasteiger partial charge in [-0.2, -0.15) is 0 Å². The average Bonchev–Trinajstić information content (AvgIpc) is 2.85. The molecule has 1 aliphatic carbocycles. The third-order valence-electron chi connectivity index (χ3n) is 5.11. The van der Waals surface area contributed by atoms with Crippen LogP contribution in [0, 0.1) is 5.92 Å². The molecule has 1 amide bonds. The van der Waals surface area contributed by atoms with Gasteiger partial charge in [0.1, 0.15) is 0 Å². The fourth-order valence-electron chi connectivity index (χ4n) is 3.78. The second kappa shape index (κ2) is 7.99. The molecule has 1 saturated heterocycles. The summed E-state index contributed by atoms with van der Waals surface area (Å²) in [6, 6.07) is 0.969. The molecule has 1 saturated carbocycles. The van der Waals surface area contributed by atoms with Gasteiger partial charge in [0.2, 0.25) is 5.91 Å². The van der Waals surface area contributed by atoms with Gasteiger partial charge in [-0.25, -0.2) is 0 Å². The first-order valence-electron chi connectivity index (χ1n) is 8.47. The second-order valence-electron chi connectivity index (χ2n) is 6.50. The number of hydrogen-bond donors (Lipinski definition) is 2. The summed E-state index contributed by atoms with van der Waals surface area (Å²) >= 11 is 0. The van der Waals surface area contributed by atoms with Gasteiger partial charge in [-0.1, -0.05) is 19.8 Å². The number of amides is 1. The predicted octanol–water partition coefficient (Wildman–Crippen LogP) is 1.88. The Morgan fingerprint density at radius 1 is 1.25 bits per heavy atom. The van der Waals surface area contributed by atoms with Crippen LogP contribution in [0.2, 0.25) is 0 Å². The van der Waals surface area contributed by atoms with E-state index in [1.165, 1.54) is 38.6 Å². The highest BCUT2D eigenvalue weighted by atomic mass is 16.1. The van der Waals surface area contributed by atoms with Crippen molar-refractivity contribution in [1.29, 1.82) is 0 Å². The van der Waals surface area contributed by atoms with Gasteiger partial charge < -0.3 is 11.1 Å². The lowest BCUT2D eigenvalue weighted by Crippen LogP contribution is -2.43. The van der Waals surface area contributed by atoms with E-state index in [0.717, 1.165) is 32.0 Å². The first-order chi connectivity index (χ1) is 9.70. The van der Waals surface area contributed by atoms with Crippen LogP contribution in [0.15, 0.2) is 0 Å². The van der Waals surface area contributed by atoms with Crippen molar-refractivity contribution in [1.82, 2.24) is 10.2 Å². The number of nitrogens with zero attached hydrogens (tertiary/aromatic N) is 1. The van der Waals surface area contributed by atoms with E-state index in [1.807, 2.05) is 0 Å². The van der Waals surface area contributed by atoms with Gasteiger partial charge in [-0.3, -0.25) is 9.69 Å². The van der Waals surface area contributed by atoms with E-state index < -0.39 is 0 Å². The molecule has 20 heavy (non-hydrogen) atoms. The van der Waals surface area contributed by atoms with E-state index in [4.69, 9.17) is 5.73 Å². The number of hydrogen-bond acceptors (Lipinski definition) is 3. The predicted molar refractivity (Wildman–Crippen MR) is 82.4 cm³/mol. The Bertz CT molecular complexity index is 308. The summed E-state index contributed by atoms with van der Waals surface area (Å²) in [5.74, 6) is 0.603. The molecule has 3 N–H and O–H groups in total. The topological polar surface area (TPSA) is 58.4 Å². The number of piperidine rings is 1. The number of nitrogens with one attached hydrogen (secondary N) is 1. The normalized spacial score (nSPS) is 31.4. The lowest BCUT2D eigenvalue weighted by molar-refractivity contribution is -0.122. The lowest BCUT2D eigenvalue weighted by Gasteiger charge is -2.35. The van der Waals surface area contributed by atoms with Crippen molar-refractivity contribution in [2.45, 2.75) is 70.4 Å². The summed E-state index contributed by atoms with van der Waals surface area (Å²) in [7, 11) is 0. The third kappa shape index (κ3) is 4.45. The Hall–Kier alpha value is -0.610. The van der Waals surface area contributed by atoms with E-state index in [2.05, 4.69) is 17.1 Å². The average molecular weight is 281 g/mol. The van der Waals surface area contributed by atoms with Gasteiger partial charge in [0.15, 0.2) is 0 Å². The smallest absolute Gasteiger partial charge is 0.220 e. The molecule has 4 heteroatoms. The molecule has 0 aromatic carbocycles.